The normalized spacial score (nSPS) is 16.8. The molecule has 2 aliphatic heterocycles. The molecule has 1 fully saturated rings. The quantitative estimate of drug-likeness (QED) is 0.468. The smallest absolute Gasteiger partial charge is 0.256 e. The maximum atomic E-state index is 13.0. The highest BCUT2D eigenvalue weighted by molar-refractivity contribution is 7.89. The molecule has 1 saturated heterocycles. The Morgan fingerprint density at radius 3 is 2.58 bits per heavy atom. The lowest BCUT2D eigenvalue weighted by atomic mass is 9.98. The second-order valence-electron chi connectivity index (χ2n) is 8.91. The molecule has 2 amide bonds. The van der Waals surface area contributed by atoms with Gasteiger partial charge in [-0.2, -0.15) is 0 Å². The average molecular weight is 507 g/mol. The van der Waals surface area contributed by atoms with Crippen molar-refractivity contribution in [1.82, 2.24) is 9.88 Å². The van der Waals surface area contributed by atoms with Gasteiger partial charge in [0.1, 0.15) is 0 Å². The summed E-state index contributed by atoms with van der Waals surface area (Å²) >= 11 is 0. The Hall–Kier alpha value is -3.73. The van der Waals surface area contributed by atoms with Crippen molar-refractivity contribution in [3.63, 3.8) is 0 Å². The number of primary sulfonamides is 1. The van der Waals surface area contributed by atoms with Gasteiger partial charge in [-0.3, -0.25) is 9.59 Å². The fourth-order valence-electron chi connectivity index (χ4n) is 4.74. The Balaban J connectivity index is 1.52. The molecule has 3 heterocycles. The van der Waals surface area contributed by atoms with E-state index < -0.39 is 10.0 Å². The molecule has 5 rings (SSSR count). The predicted octanol–water partition coefficient (Wildman–Crippen LogP) is 2.91. The number of H-pyrrole nitrogens is 1. The first kappa shape index (κ1) is 24.0. The summed E-state index contributed by atoms with van der Waals surface area (Å²) in [7, 11) is -3.92. The van der Waals surface area contributed by atoms with Crippen molar-refractivity contribution >= 4 is 39.2 Å². The lowest BCUT2D eigenvalue weighted by Gasteiger charge is -2.27. The van der Waals surface area contributed by atoms with Gasteiger partial charge in [0.25, 0.3) is 11.8 Å². The van der Waals surface area contributed by atoms with Gasteiger partial charge in [-0.1, -0.05) is 12.1 Å². The first-order valence-corrected chi connectivity index (χ1v) is 13.0. The van der Waals surface area contributed by atoms with E-state index in [-0.39, 0.29) is 16.7 Å². The van der Waals surface area contributed by atoms with Crippen molar-refractivity contribution in [2.75, 3.05) is 31.6 Å². The summed E-state index contributed by atoms with van der Waals surface area (Å²) in [6.07, 6.45) is 1.71. The number of hydrogen-bond donors (Lipinski definition) is 3. The first-order valence-electron chi connectivity index (χ1n) is 11.5. The van der Waals surface area contributed by atoms with Crippen LogP contribution in [-0.4, -0.2) is 56.4 Å². The molecule has 0 bridgehead atoms. The number of rotatable bonds is 4. The Kier molecular flexibility index (Phi) is 6.03. The number of anilines is 1. The molecule has 186 valence electrons. The number of aromatic amines is 1. The van der Waals surface area contributed by atoms with Gasteiger partial charge >= 0.3 is 0 Å². The van der Waals surface area contributed by atoms with Crippen LogP contribution in [0.3, 0.4) is 0 Å². The number of amides is 2. The Bertz CT molecular complexity index is 1530. The minimum atomic E-state index is -3.92. The van der Waals surface area contributed by atoms with Crippen molar-refractivity contribution in [2.24, 2.45) is 5.14 Å². The number of ether oxygens (including phenoxy) is 1. The molecule has 9 nitrogen and oxygen atoms in total. The highest BCUT2D eigenvalue weighted by Crippen LogP contribution is 2.37. The second-order valence-corrected chi connectivity index (χ2v) is 10.5. The van der Waals surface area contributed by atoms with E-state index >= 15 is 0 Å². The van der Waals surface area contributed by atoms with E-state index in [0.717, 1.165) is 22.4 Å². The van der Waals surface area contributed by atoms with Gasteiger partial charge < -0.3 is 19.9 Å². The van der Waals surface area contributed by atoms with Crippen LogP contribution in [0.15, 0.2) is 47.4 Å². The van der Waals surface area contributed by atoms with Gasteiger partial charge in [-0.15, -0.1) is 0 Å². The number of sulfonamides is 1. The molecule has 0 aliphatic carbocycles. The minimum absolute atomic E-state index is 0.0294. The number of nitrogens with one attached hydrogen (secondary N) is 2. The maximum Gasteiger partial charge on any atom is 0.256 e. The van der Waals surface area contributed by atoms with Crippen molar-refractivity contribution in [3.8, 4) is 11.1 Å². The van der Waals surface area contributed by atoms with Crippen molar-refractivity contribution in [1.29, 1.82) is 0 Å². The topological polar surface area (TPSA) is 135 Å². The van der Waals surface area contributed by atoms with E-state index in [4.69, 9.17) is 9.88 Å². The number of nitrogens with zero attached hydrogens (tertiary/aromatic N) is 1. The number of fused-ring (bicyclic) bond motifs is 1. The summed E-state index contributed by atoms with van der Waals surface area (Å²) in [5.74, 6) is -0.360. The molecular formula is C26H26N4O5S. The molecule has 10 heteroatoms. The third-order valence-corrected chi connectivity index (χ3v) is 7.47. The monoisotopic (exact) mass is 506 g/mol. The first-order chi connectivity index (χ1) is 17.1. The lowest BCUT2D eigenvalue weighted by Crippen LogP contribution is -2.40. The van der Waals surface area contributed by atoms with Gasteiger partial charge in [-0.25, -0.2) is 13.6 Å². The zero-order valence-electron chi connectivity index (χ0n) is 19.9. The highest BCUT2D eigenvalue weighted by atomic mass is 32.2. The molecule has 0 atom stereocenters. The van der Waals surface area contributed by atoms with E-state index in [1.54, 1.807) is 11.0 Å². The molecule has 0 spiro atoms. The minimum Gasteiger partial charge on any atom is -0.378 e. The number of carbonyl (C=O) groups excluding carboxylic acids is 2. The second kappa shape index (κ2) is 9.05. The molecule has 1 aromatic heterocycles. The van der Waals surface area contributed by atoms with Crippen LogP contribution in [-0.2, 0) is 19.6 Å². The third kappa shape index (κ3) is 4.34. The summed E-state index contributed by atoms with van der Waals surface area (Å²) in [6, 6.07) is 11.8. The number of aromatic nitrogens is 1. The van der Waals surface area contributed by atoms with Crippen molar-refractivity contribution < 1.29 is 22.7 Å². The zero-order chi connectivity index (χ0) is 25.6. The van der Waals surface area contributed by atoms with Crippen LogP contribution < -0.4 is 10.5 Å². The van der Waals surface area contributed by atoms with Gasteiger partial charge in [-0.05, 0) is 61.4 Å². The van der Waals surface area contributed by atoms with Gasteiger partial charge in [0.05, 0.1) is 23.7 Å². The Morgan fingerprint density at radius 2 is 1.86 bits per heavy atom. The lowest BCUT2D eigenvalue weighted by molar-refractivity contribution is -0.110. The van der Waals surface area contributed by atoms with Crippen LogP contribution in [0.1, 0.15) is 32.9 Å². The largest absolute Gasteiger partial charge is 0.378 e. The molecule has 0 unspecified atom stereocenters. The van der Waals surface area contributed by atoms with Crippen LogP contribution in [0.4, 0.5) is 5.69 Å². The van der Waals surface area contributed by atoms with E-state index in [9.17, 15) is 18.0 Å². The van der Waals surface area contributed by atoms with Crippen molar-refractivity contribution in [2.45, 2.75) is 18.7 Å². The van der Waals surface area contributed by atoms with Gasteiger partial charge in [0, 0.05) is 46.9 Å². The summed E-state index contributed by atoms with van der Waals surface area (Å²) in [6.45, 7) is 6.09. The Morgan fingerprint density at radius 1 is 1.11 bits per heavy atom. The Labute approximate surface area is 209 Å². The summed E-state index contributed by atoms with van der Waals surface area (Å²) in [4.78, 5) is 30.8. The van der Waals surface area contributed by atoms with Crippen LogP contribution in [0.25, 0.3) is 22.8 Å². The van der Waals surface area contributed by atoms with E-state index in [2.05, 4.69) is 10.3 Å². The predicted molar refractivity (Wildman–Crippen MR) is 137 cm³/mol. The van der Waals surface area contributed by atoms with E-state index in [0.29, 0.717) is 54.4 Å². The highest BCUT2D eigenvalue weighted by Gasteiger charge is 2.27. The number of benzene rings is 2. The average Bonchev–Trinajstić information content (AvgIpc) is 3.32. The van der Waals surface area contributed by atoms with E-state index in [1.807, 2.05) is 38.1 Å². The van der Waals surface area contributed by atoms with Crippen LogP contribution in [0.5, 0.6) is 0 Å². The standard InChI is InChI=1S/C26H26N4O5S/c1-15-23(14-21-20-13-19(36(27,33)34)6-7-22(20)29-25(21)31)28-16(2)24(15)17-4-3-5-18(12-17)26(32)30-8-10-35-11-9-30/h3-7,12-14,28H,8-11H2,1-2H3,(H,29,31)(H2,27,33,34)/b21-14-. The maximum absolute atomic E-state index is 13.0. The number of hydrogen-bond acceptors (Lipinski definition) is 5. The molecule has 0 saturated carbocycles. The number of aryl methyl sites for hydroxylation is 1. The zero-order valence-corrected chi connectivity index (χ0v) is 20.7. The molecule has 2 aliphatic rings. The van der Waals surface area contributed by atoms with Gasteiger partial charge in [0.2, 0.25) is 10.0 Å². The van der Waals surface area contributed by atoms with Crippen LogP contribution >= 0.6 is 0 Å². The number of morpholine rings is 1. The summed E-state index contributed by atoms with van der Waals surface area (Å²) in [5.41, 5.74) is 6.26. The van der Waals surface area contributed by atoms with Gasteiger partial charge in [0.15, 0.2) is 0 Å². The van der Waals surface area contributed by atoms with Crippen LogP contribution in [0, 0.1) is 13.8 Å². The summed E-state index contributed by atoms with van der Waals surface area (Å²) < 4.78 is 29.0. The van der Waals surface area contributed by atoms with E-state index in [1.165, 1.54) is 18.2 Å². The number of nitrogens with two attached hydrogens (primary N) is 1. The fraction of sp³-hybridized carbons (Fsp3) is 0.231. The summed E-state index contributed by atoms with van der Waals surface area (Å²) in [5, 5.41) is 8.05. The third-order valence-electron chi connectivity index (χ3n) is 6.56. The van der Waals surface area contributed by atoms with Crippen LogP contribution in [0.2, 0.25) is 0 Å². The molecule has 2 aromatic carbocycles. The molecular weight excluding hydrogens is 480 g/mol. The molecule has 3 aromatic rings. The fourth-order valence-corrected chi connectivity index (χ4v) is 5.28. The molecule has 0 radical (unpaired) electrons. The molecule has 4 N–H and O–H groups in total. The number of carbonyl (C=O) groups is 2. The SMILES string of the molecule is Cc1[nH]c(/C=C2\C(=O)Nc3ccc(S(N)(=O)=O)cc32)c(C)c1-c1cccc(C(=O)N2CCOCC2)c1. The molecule has 36 heavy (non-hydrogen) atoms. The van der Waals surface area contributed by atoms with Crippen molar-refractivity contribution in [3.05, 3.63) is 70.5 Å².